The van der Waals surface area contributed by atoms with E-state index in [2.05, 4.69) is 10.6 Å². The number of rotatable bonds is 9. The summed E-state index contributed by atoms with van der Waals surface area (Å²) in [7, 11) is 0. The SMILES string of the molecule is O=C(NO)[C@@H](NCc1ccco1)[C@@H](Cc1cccc(O)c1)C(=O)N[C@H]1c2ccccc2C[C@H]1O. The Labute approximate surface area is 196 Å². The van der Waals surface area contributed by atoms with Crippen LogP contribution < -0.4 is 16.1 Å². The first-order valence-electron chi connectivity index (χ1n) is 11.0. The van der Waals surface area contributed by atoms with Gasteiger partial charge in [0.2, 0.25) is 5.91 Å². The molecule has 34 heavy (non-hydrogen) atoms. The van der Waals surface area contributed by atoms with E-state index in [0.717, 1.165) is 11.1 Å². The lowest BCUT2D eigenvalue weighted by Crippen LogP contribution is -2.54. The molecule has 1 aliphatic carbocycles. The molecule has 2 amide bonds. The summed E-state index contributed by atoms with van der Waals surface area (Å²) in [6, 6.07) is 15.5. The maximum absolute atomic E-state index is 13.6. The summed E-state index contributed by atoms with van der Waals surface area (Å²) in [5.74, 6) is -1.68. The van der Waals surface area contributed by atoms with Gasteiger partial charge in [0.1, 0.15) is 17.6 Å². The van der Waals surface area contributed by atoms with Gasteiger partial charge in [0.05, 0.1) is 30.9 Å². The monoisotopic (exact) mass is 465 g/mol. The van der Waals surface area contributed by atoms with Crippen LogP contribution in [0.2, 0.25) is 0 Å². The number of nitrogens with one attached hydrogen (secondary N) is 3. The Balaban J connectivity index is 1.61. The Morgan fingerprint density at radius 3 is 2.62 bits per heavy atom. The first kappa shape index (κ1) is 23.5. The second-order valence-corrected chi connectivity index (χ2v) is 8.35. The van der Waals surface area contributed by atoms with E-state index in [1.54, 1.807) is 29.7 Å². The largest absolute Gasteiger partial charge is 0.508 e. The molecule has 1 aromatic heterocycles. The number of aliphatic hydroxyl groups excluding tert-OH is 1. The molecule has 0 spiro atoms. The minimum absolute atomic E-state index is 0.0310. The molecule has 0 fully saturated rings. The number of carbonyl (C=O) groups is 2. The highest BCUT2D eigenvalue weighted by molar-refractivity contribution is 5.90. The summed E-state index contributed by atoms with van der Waals surface area (Å²) in [6.07, 6.45) is 1.20. The topological polar surface area (TPSA) is 144 Å². The summed E-state index contributed by atoms with van der Waals surface area (Å²) < 4.78 is 5.31. The van der Waals surface area contributed by atoms with Crippen LogP contribution in [0.3, 0.4) is 0 Å². The van der Waals surface area contributed by atoms with Crippen LogP contribution >= 0.6 is 0 Å². The van der Waals surface area contributed by atoms with Crippen molar-refractivity contribution in [2.24, 2.45) is 5.92 Å². The van der Waals surface area contributed by atoms with E-state index in [0.29, 0.717) is 17.7 Å². The molecule has 9 nitrogen and oxygen atoms in total. The molecule has 1 heterocycles. The molecule has 0 aliphatic heterocycles. The molecule has 4 rings (SSSR count). The van der Waals surface area contributed by atoms with Gasteiger partial charge < -0.3 is 19.9 Å². The lowest BCUT2D eigenvalue weighted by atomic mass is 9.89. The number of phenolic OH excluding ortho intramolecular Hbond substituents is 1. The fourth-order valence-electron chi connectivity index (χ4n) is 4.42. The van der Waals surface area contributed by atoms with E-state index in [1.165, 1.54) is 18.4 Å². The van der Waals surface area contributed by atoms with Gasteiger partial charge in [-0.25, -0.2) is 5.48 Å². The summed E-state index contributed by atoms with van der Waals surface area (Å²) in [4.78, 5) is 26.2. The smallest absolute Gasteiger partial charge is 0.261 e. The van der Waals surface area contributed by atoms with Gasteiger partial charge in [-0.3, -0.25) is 20.1 Å². The molecule has 0 unspecified atom stereocenters. The van der Waals surface area contributed by atoms with Gasteiger partial charge in [0, 0.05) is 6.42 Å². The second kappa shape index (κ2) is 10.5. The van der Waals surface area contributed by atoms with Gasteiger partial charge in [-0.15, -0.1) is 0 Å². The Hall–Kier alpha value is -3.66. The highest BCUT2D eigenvalue weighted by atomic mass is 16.5. The Morgan fingerprint density at radius 2 is 1.88 bits per heavy atom. The number of hydrogen-bond donors (Lipinski definition) is 6. The zero-order valence-corrected chi connectivity index (χ0v) is 18.3. The van der Waals surface area contributed by atoms with Gasteiger partial charge in [-0.05, 0) is 47.4 Å². The van der Waals surface area contributed by atoms with E-state index in [4.69, 9.17) is 4.42 Å². The van der Waals surface area contributed by atoms with Crippen molar-refractivity contribution in [1.29, 1.82) is 0 Å². The molecule has 2 aromatic carbocycles. The predicted molar refractivity (Wildman–Crippen MR) is 122 cm³/mol. The normalized spacial score (nSPS) is 18.6. The maximum Gasteiger partial charge on any atom is 0.261 e. The highest BCUT2D eigenvalue weighted by Crippen LogP contribution is 2.32. The fourth-order valence-corrected chi connectivity index (χ4v) is 4.42. The van der Waals surface area contributed by atoms with Gasteiger partial charge in [0.25, 0.3) is 5.91 Å². The average molecular weight is 466 g/mol. The minimum Gasteiger partial charge on any atom is -0.508 e. The maximum atomic E-state index is 13.6. The average Bonchev–Trinajstić information content (AvgIpc) is 3.46. The molecule has 1 aliphatic rings. The van der Waals surface area contributed by atoms with Crippen molar-refractivity contribution in [2.45, 2.75) is 37.6 Å². The Morgan fingerprint density at radius 1 is 1.06 bits per heavy atom. The Kier molecular flexibility index (Phi) is 7.27. The third-order valence-electron chi connectivity index (χ3n) is 6.08. The van der Waals surface area contributed by atoms with Gasteiger partial charge in [-0.1, -0.05) is 36.4 Å². The summed E-state index contributed by atoms with van der Waals surface area (Å²) in [5, 5.41) is 35.7. The van der Waals surface area contributed by atoms with Crippen molar-refractivity contribution in [3.63, 3.8) is 0 Å². The van der Waals surface area contributed by atoms with Crippen molar-refractivity contribution in [3.8, 4) is 5.75 Å². The molecule has 6 N–H and O–H groups in total. The summed E-state index contributed by atoms with van der Waals surface area (Å²) in [5.41, 5.74) is 4.04. The predicted octanol–water partition coefficient (Wildman–Crippen LogP) is 1.58. The molecule has 0 radical (unpaired) electrons. The van der Waals surface area contributed by atoms with Crippen molar-refractivity contribution >= 4 is 11.8 Å². The first-order chi connectivity index (χ1) is 16.5. The molecule has 0 saturated carbocycles. The molecular weight excluding hydrogens is 438 g/mol. The van der Waals surface area contributed by atoms with Crippen molar-refractivity contribution < 1.29 is 29.4 Å². The highest BCUT2D eigenvalue weighted by Gasteiger charge is 2.38. The molecule has 178 valence electrons. The fraction of sp³-hybridized carbons (Fsp3) is 0.280. The van der Waals surface area contributed by atoms with Crippen molar-refractivity contribution in [3.05, 3.63) is 89.4 Å². The molecule has 0 saturated heterocycles. The quantitative estimate of drug-likeness (QED) is 0.208. The lowest BCUT2D eigenvalue weighted by molar-refractivity contribution is -0.138. The van der Waals surface area contributed by atoms with Crippen molar-refractivity contribution in [1.82, 2.24) is 16.1 Å². The minimum atomic E-state index is -1.13. The van der Waals surface area contributed by atoms with Crippen LogP contribution in [0.1, 0.15) is 28.5 Å². The van der Waals surface area contributed by atoms with Crippen LogP contribution in [0.25, 0.3) is 0 Å². The molecule has 4 atom stereocenters. The number of aliphatic hydroxyl groups is 1. The Bertz CT molecular complexity index is 1130. The number of phenols is 1. The third kappa shape index (κ3) is 5.28. The number of hydroxylamine groups is 1. The van der Waals surface area contributed by atoms with Gasteiger partial charge >= 0.3 is 0 Å². The van der Waals surface area contributed by atoms with Crippen LogP contribution in [0, 0.1) is 5.92 Å². The third-order valence-corrected chi connectivity index (χ3v) is 6.08. The van der Waals surface area contributed by atoms with E-state index in [9.17, 15) is 25.0 Å². The standard InChI is InChI=1S/C25H27N3O6/c29-17-7-3-5-15(11-17)12-20(23(25(32)28-33)26-14-18-8-4-10-34-18)24(31)27-22-19-9-2-1-6-16(19)13-21(22)30/h1-11,20-23,26,29-30,33H,12-14H2,(H,27,31)(H,28,32)/t20-,21-,22+,23+/m1/s1. The number of aromatic hydroxyl groups is 1. The van der Waals surface area contributed by atoms with Crippen molar-refractivity contribution in [2.75, 3.05) is 0 Å². The van der Waals surface area contributed by atoms with Crippen LogP contribution in [-0.2, 0) is 29.0 Å². The zero-order valence-electron chi connectivity index (χ0n) is 18.3. The van der Waals surface area contributed by atoms with E-state index in [1.807, 2.05) is 24.3 Å². The van der Waals surface area contributed by atoms with E-state index >= 15 is 0 Å². The van der Waals surface area contributed by atoms with E-state index < -0.39 is 35.9 Å². The van der Waals surface area contributed by atoms with Crippen LogP contribution in [0.4, 0.5) is 0 Å². The summed E-state index contributed by atoms with van der Waals surface area (Å²) in [6.45, 7) is 0.143. The first-order valence-corrected chi connectivity index (χ1v) is 11.0. The van der Waals surface area contributed by atoms with Gasteiger partial charge in [-0.2, -0.15) is 0 Å². The number of fused-ring (bicyclic) bond motifs is 1. The van der Waals surface area contributed by atoms with Crippen LogP contribution in [-0.4, -0.2) is 39.4 Å². The zero-order chi connectivity index (χ0) is 24.1. The van der Waals surface area contributed by atoms with Crippen LogP contribution in [0.15, 0.2) is 71.3 Å². The number of furan rings is 1. The van der Waals surface area contributed by atoms with E-state index in [-0.39, 0.29) is 18.7 Å². The van der Waals surface area contributed by atoms with Gasteiger partial charge in [0.15, 0.2) is 0 Å². The molecule has 3 aromatic rings. The second-order valence-electron chi connectivity index (χ2n) is 8.35. The van der Waals surface area contributed by atoms with Crippen LogP contribution in [0.5, 0.6) is 5.75 Å². The number of benzene rings is 2. The molecule has 9 heteroatoms. The molecule has 0 bridgehead atoms. The number of carbonyl (C=O) groups excluding carboxylic acids is 2. The number of hydrogen-bond acceptors (Lipinski definition) is 7. The lowest BCUT2D eigenvalue weighted by Gasteiger charge is -2.28. The number of amides is 2. The summed E-state index contributed by atoms with van der Waals surface area (Å²) >= 11 is 0. The molecular formula is C25H27N3O6.